The lowest BCUT2D eigenvalue weighted by atomic mass is 10.2. The van der Waals surface area contributed by atoms with Crippen LogP contribution in [0.3, 0.4) is 0 Å². The highest BCUT2D eigenvalue weighted by Gasteiger charge is 2.09. The Kier molecular flexibility index (Phi) is 5.15. The Balaban J connectivity index is 2.15. The summed E-state index contributed by atoms with van der Waals surface area (Å²) in [7, 11) is 0. The van der Waals surface area contributed by atoms with E-state index in [2.05, 4.69) is 24.1 Å². The van der Waals surface area contributed by atoms with Gasteiger partial charge in [0.1, 0.15) is 16.6 Å². The molecule has 1 N–H and O–H groups in total. The molecule has 0 amide bonds. The van der Waals surface area contributed by atoms with Crippen molar-refractivity contribution in [3.05, 3.63) is 52.4 Å². The van der Waals surface area contributed by atoms with E-state index in [0.29, 0.717) is 23.4 Å². The number of hydrogen-bond acceptors (Lipinski definition) is 3. The van der Waals surface area contributed by atoms with Crippen molar-refractivity contribution in [3.8, 4) is 11.6 Å². The van der Waals surface area contributed by atoms with Crippen molar-refractivity contribution in [3.63, 3.8) is 0 Å². The number of nitrogens with one attached hydrogen (secondary N) is 1. The predicted molar refractivity (Wildman–Crippen MR) is 82.4 cm³/mol. The Morgan fingerprint density at radius 1 is 1.33 bits per heavy atom. The summed E-state index contributed by atoms with van der Waals surface area (Å²) >= 11 is 6.18. The smallest absolute Gasteiger partial charge is 0.238 e. The summed E-state index contributed by atoms with van der Waals surface area (Å²) in [4.78, 5) is 4.21. The lowest BCUT2D eigenvalue weighted by Gasteiger charge is -2.11. The number of rotatable bonds is 5. The van der Waals surface area contributed by atoms with Gasteiger partial charge in [-0.15, -0.1) is 0 Å². The van der Waals surface area contributed by atoms with Crippen molar-refractivity contribution in [2.45, 2.75) is 33.4 Å². The molecule has 3 nitrogen and oxygen atoms in total. The number of ether oxygens (including phenoxy) is 1. The summed E-state index contributed by atoms with van der Waals surface area (Å²) in [6.07, 6.45) is 1.70. The van der Waals surface area contributed by atoms with Crippen molar-refractivity contribution < 1.29 is 9.13 Å². The van der Waals surface area contributed by atoms with E-state index >= 15 is 0 Å². The quantitative estimate of drug-likeness (QED) is 0.884. The molecule has 0 aliphatic heterocycles. The van der Waals surface area contributed by atoms with Crippen LogP contribution < -0.4 is 10.1 Å². The molecule has 0 radical (unpaired) electrons. The van der Waals surface area contributed by atoms with Gasteiger partial charge in [-0.2, -0.15) is 0 Å². The van der Waals surface area contributed by atoms with Gasteiger partial charge in [-0.3, -0.25) is 0 Å². The van der Waals surface area contributed by atoms with Crippen LogP contribution in [-0.4, -0.2) is 11.0 Å². The number of hydrogen-bond donors (Lipinski definition) is 1. The van der Waals surface area contributed by atoms with Gasteiger partial charge in [0.05, 0.1) is 0 Å². The first kappa shape index (κ1) is 15.7. The molecule has 0 saturated heterocycles. The monoisotopic (exact) mass is 308 g/mol. The van der Waals surface area contributed by atoms with E-state index < -0.39 is 0 Å². The molecular weight excluding hydrogens is 291 g/mol. The second-order valence-electron chi connectivity index (χ2n) is 5.18. The van der Waals surface area contributed by atoms with Crippen LogP contribution in [0.1, 0.15) is 25.0 Å². The van der Waals surface area contributed by atoms with Crippen LogP contribution in [0.15, 0.2) is 30.5 Å². The SMILES string of the molecule is Cc1ccc(F)cc1Oc1ncc(CNC(C)C)cc1Cl. The van der Waals surface area contributed by atoms with E-state index in [4.69, 9.17) is 16.3 Å². The van der Waals surface area contributed by atoms with Crippen LogP contribution in [0.4, 0.5) is 4.39 Å². The van der Waals surface area contributed by atoms with Crippen molar-refractivity contribution in [1.29, 1.82) is 0 Å². The van der Waals surface area contributed by atoms with Gasteiger partial charge in [0.25, 0.3) is 0 Å². The lowest BCUT2D eigenvalue weighted by molar-refractivity contribution is 0.454. The molecule has 2 rings (SSSR count). The van der Waals surface area contributed by atoms with Gasteiger partial charge in [0.2, 0.25) is 5.88 Å². The summed E-state index contributed by atoms with van der Waals surface area (Å²) in [6.45, 7) is 6.66. The molecule has 0 bridgehead atoms. The molecule has 0 saturated carbocycles. The second-order valence-corrected chi connectivity index (χ2v) is 5.59. The molecule has 1 aromatic heterocycles. The van der Waals surface area contributed by atoms with Gasteiger partial charge in [0, 0.05) is 24.8 Å². The molecule has 1 heterocycles. The zero-order chi connectivity index (χ0) is 15.4. The largest absolute Gasteiger partial charge is 0.437 e. The average Bonchev–Trinajstić information content (AvgIpc) is 2.43. The molecule has 21 heavy (non-hydrogen) atoms. The van der Waals surface area contributed by atoms with Crippen LogP contribution in [0.25, 0.3) is 0 Å². The fourth-order valence-corrected chi connectivity index (χ4v) is 1.97. The van der Waals surface area contributed by atoms with E-state index in [1.54, 1.807) is 18.3 Å². The predicted octanol–water partition coefficient (Wildman–Crippen LogP) is 4.47. The Hall–Kier alpha value is -1.65. The maximum absolute atomic E-state index is 13.2. The Morgan fingerprint density at radius 2 is 2.10 bits per heavy atom. The van der Waals surface area contributed by atoms with E-state index in [-0.39, 0.29) is 11.7 Å². The van der Waals surface area contributed by atoms with Gasteiger partial charge in [-0.1, -0.05) is 31.5 Å². The van der Waals surface area contributed by atoms with Crippen molar-refractivity contribution in [2.24, 2.45) is 0 Å². The summed E-state index contributed by atoms with van der Waals surface area (Å²) in [5.41, 5.74) is 1.79. The normalized spacial score (nSPS) is 11.0. The molecule has 0 spiro atoms. The zero-order valence-electron chi connectivity index (χ0n) is 12.3. The number of aromatic nitrogens is 1. The standard InChI is InChI=1S/C16H18ClFN2O/c1-10(2)19-8-12-6-14(17)16(20-9-12)21-15-7-13(18)5-4-11(15)3/h4-7,9-10,19H,8H2,1-3H3. The van der Waals surface area contributed by atoms with Gasteiger partial charge < -0.3 is 10.1 Å². The lowest BCUT2D eigenvalue weighted by Crippen LogP contribution is -2.21. The summed E-state index contributed by atoms with van der Waals surface area (Å²) < 4.78 is 18.8. The van der Waals surface area contributed by atoms with Crippen molar-refractivity contribution >= 4 is 11.6 Å². The number of benzene rings is 1. The van der Waals surface area contributed by atoms with Crippen LogP contribution in [0.5, 0.6) is 11.6 Å². The number of pyridine rings is 1. The van der Waals surface area contributed by atoms with E-state index in [1.165, 1.54) is 12.1 Å². The topological polar surface area (TPSA) is 34.1 Å². The van der Waals surface area contributed by atoms with E-state index in [9.17, 15) is 4.39 Å². The molecule has 112 valence electrons. The molecular formula is C16H18ClFN2O. The summed E-state index contributed by atoms with van der Waals surface area (Å²) in [5.74, 6) is 0.334. The first-order valence-corrected chi connectivity index (χ1v) is 7.15. The maximum atomic E-state index is 13.2. The number of halogens is 2. The molecule has 0 unspecified atom stereocenters. The Morgan fingerprint density at radius 3 is 2.76 bits per heavy atom. The Bertz CT molecular complexity index is 632. The van der Waals surface area contributed by atoms with E-state index in [0.717, 1.165) is 11.1 Å². The third kappa shape index (κ3) is 4.41. The first-order valence-electron chi connectivity index (χ1n) is 6.77. The molecule has 0 aliphatic rings. The molecule has 2 aromatic rings. The van der Waals surface area contributed by atoms with Gasteiger partial charge >= 0.3 is 0 Å². The van der Waals surface area contributed by atoms with Crippen LogP contribution >= 0.6 is 11.6 Å². The third-order valence-electron chi connectivity index (χ3n) is 2.94. The highest BCUT2D eigenvalue weighted by atomic mass is 35.5. The van der Waals surface area contributed by atoms with Gasteiger partial charge in [-0.25, -0.2) is 9.37 Å². The van der Waals surface area contributed by atoms with Crippen LogP contribution in [-0.2, 0) is 6.54 Å². The average molecular weight is 309 g/mol. The Labute approximate surface area is 129 Å². The first-order chi connectivity index (χ1) is 9.95. The van der Waals surface area contributed by atoms with Crippen LogP contribution in [0.2, 0.25) is 5.02 Å². The highest BCUT2D eigenvalue weighted by Crippen LogP contribution is 2.30. The zero-order valence-corrected chi connectivity index (χ0v) is 13.0. The number of nitrogens with zero attached hydrogens (tertiary/aromatic N) is 1. The minimum Gasteiger partial charge on any atom is -0.437 e. The van der Waals surface area contributed by atoms with Crippen LogP contribution in [0, 0.1) is 12.7 Å². The summed E-state index contributed by atoms with van der Waals surface area (Å²) in [6, 6.07) is 6.54. The van der Waals surface area contributed by atoms with E-state index in [1.807, 2.05) is 6.92 Å². The summed E-state index contributed by atoms with van der Waals surface area (Å²) in [5, 5.41) is 3.69. The van der Waals surface area contributed by atoms with Gasteiger partial charge in [0.15, 0.2) is 0 Å². The minimum atomic E-state index is -0.357. The minimum absolute atomic E-state index is 0.277. The fraction of sp³-hybridized carbons (Fsp3) is 0.312. The molecule has 0 atom stereocenters. The molecule has 0 fully saturated rings. The van der Waals surface area contributed by atoms with Crippen molar-refractivity contribution in [2.75, 3.05) is 0 Å². The molecule has 1 aromatic carbocycles. The number of aryl methyl sites for hydroxylation is 1. The maximum Gasteiger partial charge on any atom is 0.238 e. The third-order valence-corrected chi connectivity index (χ3v) is 3.21. The van der Waals surface area contributed by atoms with Gasteiger partial charge in [-0.05, 0) is 30.2 Å². The van der Waals surface area contributed by atoms with Crippen molar-refractivity contribution in [1.82, 2.24) is 10.3 Å². The fourth-order valence-electron chi connectivity index (χ4n) is 1.75. The highest BCUT2D eigenvalue weighted by molar-refractivity contribution is 6.31. The molecule has 0 aliphatic carbocycles. The molecule has 5 heteroatoms. The second kappa shape index (κ2) is 6.87.